The molecule has 35 heavy (non-hydrogen) atoms. The number of hydrogen-bond donors (Lipinski definition) is 1. The van der Waals surface area contributed by atoms with Crippen LogP contribution in [-0.2, 0) is 22.1 Å². The Bertz CT molecular complexity index is 1500. The van der Waals surface area contributed by atoms with Crippen LogP contribution in [-0.4, -0.2) is 29.2 Å². The van der Waals surface area contributed by atoms with Crippen LogP contribution < -0.4 is 9.92 Å². The van der Waals surface area contributed by atoms with Crippen molar-refractivity contribution >= 4 is 27.1 Å². The molecule has 0 fully saturated rings. The van der Waals surface area contributed by atoms with Crippen LogP contribution in [0.2, 0.25) is 0 Å². The molecular formula is C25H29FN4O4S. The lowest BCUT2D eigenvalue weighted by Gasteiger charge is -2.12. The van der Waals surface area contributed by atoms with Gasteiger partial charge in [0.25, 0.3) is 0 Å². The molecule has 0 aliphatic heterocycles. The molecule has 0 bridgehead atoms. The van der Waals surface area contributed by atoms with Crippen molar-refractivity contribution in [2.24, 2.45) is 5.92 Å². The molecule has 0 atom stereocenters. The number of rotatable bonds is 6. The lowest BCUT2D eigenvalue weighted by Crippen LogP contribution is -2.11. The molecule has 2 N–H and O–H groups in total. The van der Waals surface area contributed by atoms with Crippen LogP contribution in [0.5, 0.6) is 5.75 Å². The molecule has 2 aromatic carbocycles. The van der Waals surface area contributed by atoms with Gasteiger partial charge in [-0.05, 0) is 42.3 Å². The van der Waals surface area contributed by atoms with Crippen molar-refractivity contribution in [3.8, 4) is 28.3 Å². The average Bonchev–Trinajstić information content (AvgIpc) is 3.30. The third-order valence-electron chi connectivity index (χ3n) is 5.29. The zero-order chi connectivity index (χ0) is 25.7. The summed E-state index contributed by atoms with van der Waals surface area (Å²) in [6.07, 6.45) is 0.968. The molecule has 0 saturated carbocycles. The molecule has 4 aromatic rings. The van der Waals surface area contributed by atoms with Crippen molar-refractivity contribution in [3.63, 3.8) is 0 Å². The highest BCUT2D eigenvalue weighted by molar-refractivity contribution is 7.86. The number of nitrogens with zero attached hydrogens (tertiary/aromatic N) is 3. The Balaban J connectivity index is 2.03. The summed E-state index contributed by atoms with van der Waals surface area (Å²) < 4.78 is 51.1. The molecule has 0 amide bonds. The minimum atomic E-state index is -3.86. The molecular weight excluding hydrogens is 471 g/mol. The third-order valence-corrected chi connectivity index (χ3v) is 5.77. The summed E-state index contributed by atoms with van der Waals surface area (Å²) >= 11 is 0. The Morgan fingerprint density at radius 1 is 1.11 bits per heavy atom. The normalized spacial score (nSPS) is 12.6. The highest BCUT2D eigenvalue weighted by Gasteiger charge is 2.27. The Labute approximate surface area is 204 Å². The molecule has 10 heteroatoms. The average molecular weight is 501 g/mol. The summed E-state index contributed by atoms with van der Waals surface area (Å²) in [7, 11) is -3.86. The van der Waals surface area contributed by atoms with Crippen LogP contribution in [0.25, 0.3) is 33.6 Å². The highest BCUT2D eigenvalue weighted by Crippen LogP contribution is 2.40. The van der Waals surface area contributed by atoms with Crippen LogP contribution in [0.1, 0.15) is 40.5 Å². The standard InChI is InChI=1S/C25H29FN4O4S/c1-14(2)13-30-18-11-16(12-19(34-35(6,31)32)21(18)29-24(30)27)22-20(15-7-9-17(26)10-8-15)28-23(33-22)25(3,4)5/h7-12,14H,13H2,1-6H3,(H2,27,29). The van der Waals surface area contributed by atoms with Gasteiger partial charge in [0.15, 0.2) is 11.5 Å². The van der Waals surface area contributed by atoms with E-state index in [9.17, 15) is 12.8 Å². The summed E-state index contributed by atoms with van der Waals surface area (Å²) in [5.41, 5.74) is 8.41. The van der Waals surface area contributed by atoms with E-state index < -0.39 is 15.5 Å². The first-order chi connectivity index (χ1) is 16.2. The Morgan fingerprint density at radius 3 is 2.34 bits per heavy atom. The first kappa shape index (κ1) is 24.7. The van der Waals surface area contributed by atoms with Gasteiger partial charge in [0, 0.05) is 23.1 Å². The number of nitrogens with two attached hydrogens (primary N) is 1. The fraction of sp³-hybridized carbons (Fsp3) is 0.360. The van der Waals surface area contributed by atoms with Crippen LogP contribution in [0.15, 0.2) is 40.8 Å². The summed E-state index contributed by atoms with van der Waals surface area (Å²) in [5, 5.41) is 0. The van der Waals surface area contributed by atoms with Gasteiger partial charge in [-0.2, -0.15) is 8.42 Å². The Kier molecular flexibility index (Phi) is 6.12. The maximum Gasteiger partial charge on any atom is 0.306 e. The number of aromatic nitrogens is 3. The van der Waals surface area contributed by atoms with Crippen molar-refractivity contribution < 1.29 is 21.4 Å². The quantitative estimate of drug-likeness (QED) is 0.354. The zero-order valence-corrected chi connectivity index (χ0v) is 21.4. The van der Waals surface area contributed by atoms with Crippen molar-refractivity contribution in [2.45, 2.75) is 46.6 Å². The van der Waals surface area contributed by atoms with Gasteiger partial charge >= 0.3 is 10.1 Å². The van der Waals surface area contributed by atoms with Crippen LogP contribution in [0.3, 0.4) is 0 Å². The van der Waals surface area contributed by atoms with Gasteiger partial charge < -0.3 is 18.9 Å². The number of hydrogen-bond acceptors (Lipinski definition) is 7. The van der Waals surface area contributed by atoms with Crippen molar-refractivity contribution in [2.75, 3.05) is 12.0 Å². The number of anilines is 1. The summed E-state index contributed by atoms with van der Waals surface area (Å²) in [6.45, 7) is 10.6. The van der Waals surface area contributed by atoms with E-state index in [0.717, 1.165) is 6.26 Å². The molecule has 0 spiro atoms. The van der Waals surface area contributed by atoms with E-state index in [2.05, 4.69) is 4.98 Å². The van der Waals surface area contributed by atoms with E-state index in [4.69, 9.17) is 19.3 Å². The lowest BCUT2D eigenvalue weighted by molar-refractivity contribution is 0.399. The van der Waals surface area contributed by atoms with Gasteiger partial charge in [0.05, 0.1) is 11.8 Å². The van der Waals surface area contributed by atoms with Gasteiger partial charge in [-0.1, -0.05) is 34.6 Å². The summed E-state index contributed by atoms with van der Waals surface area (Å²) in [6, 6.07) is 9.33. The number of halogens is 1. The highest BCUT2D eigenvalue weighted by atomic mass is 32.2. The van der Waals surface area contributed by atoms with Crippen LogP contribution in [0, 0.1) is 11.7 Å². The number of fused-ring (bicyclic) bond motifs is 1. The first-order valence-electron chi connectivity index (χ1n) is 11.2. The SMILES string of the molecule is CC(C)Cn1c(N)nc2c(OS(C)(=O)=O)cc(-c3oc(C(C)(C)C)nc3-c3ccc(F)cc3)cc21. The van der Waals surface area contributed by atoms with Gasteiger partial charge in [0.1, 0.15) is 17.0 Å². The molecule has 0 aliphatic rings. The molecule has 8 nitrogen and oxygen atoms in total. The smallest absolute Gasteiger partial charge is 0.306 e. The molecule has 0 saturated heterocycles. The number of benzene rings is 2. The first-order valence-corrected chi connectivity index (χ1v) is 13.0. The van der Waals surface area contributed by atoms with E-state index in [-0.39, 0.29) is 23.4 Å². The molecule has 0 radical (unpaired) electrons. The second-order valence-electron chi connectivity index (χ2n) is 10.1. The minimum Gasteiger partial charge on any atom is -0.439 e. The maximum atomic E-state index is 13.6. The van der Waals surface area contributed by atoms with E-state index in [0.29, 0.717) is 46.0 Å². The fourth-order valence-electron chi connectivity index (χ4n) is 3.76. The van der Waals surface area contributed by atoms with Crippen molar-refractivity contribution in [1.82, 2.24) is 14.5 Å². The number of imidazole rings is 1. The van der Waals surface area contributed by atoms with Crippen molar-refractivity contribution in [1.29, 1.82) is 0 Å². The minimum absolute atomic E-state index is 0.0352. The van der Waals surface area contributed by atoms with Gasteiger partial charge in [-0.3, -0.25) is 0 Å². The molecule has 0 aliphatic carbocycles. The van der Waals surface area contributed by atoms with E-state index in [1.807, 2.05) is 45.3 Å². The Morgan fingerprint density at radius 2 is 1.77 bits per heavy atom. The molecule has 2 aromatic heterocycles. The zero-order valence-electron chi connectivity index (χ0n) is 20.6. The predicted octanol–water partition coefficient (Wildman–Crippen LogP) is 5.37. The molecule has 4 rings (SSSR count). The van der Waals surface area contributed by atoms with E-state index in [1.54, 1.807) is 18.2 Å². The Hall–Kier alpha value is -3.40. The largest absolute Gasteiger partial charge is 0.439 e. The second kappa shape index (κ2) is 8.67. The summed E-state index contributed by atoms with van der Waals surface area (Å²) in [5.74, 6) is 1.05. The molecule has 2 heterocycles. The summed E-state index contributed by atoms with van der Waals surface area (Å²) in [4.78, 5) is 9.11. The molecule has 186 valence electrons. The van der Waals surface area contributed by atoms with E-state index >= 15 is 0 Å². The van der Waals surface area contributed by atoms with Crippen LogP contribution in [0.4, 0.5) is 10.3 Å². The van der Waals surface area contributed by atoms with Crippen LogP contribution >= 0.6 is 0 Å². The molecule has 0 unspecified atom stereocenters. The van der Waals surface area contributed by atoms with Crippen molar-refractivity contribution in [3.05, 3.63) is 48.1 Å². The lowest BCUT2D eigenvalue weighted by atomic mass is 9.97. The third kappa shape index (κ3) is 5.17. The topological polar surface area (TPSA) is 113 Å². The van der Waals surface area contributed by atoms with E-state index in [1.165, 1.54) is 12.1 Å². The number of nitrogen functional groups attached to an aromatic ring is 1. The van der Waals surface area contributed by atoms with Gasteiger partial charge in [-0.15, -0.1) is 0 Å². The fourth-order valence-corrected chi connectivity index (χ4v) is 4.22. The second-order valence-corrected chi connectivity index (χ2v) is 11.6. The van der Waals surface area contributed by atoms with Gasteiger partial charge in [0.2, 0.25) is 11.8 Å². The monoisotopic (exact) mass is 500 g/mol. The predicted molar refractivity (Wildman–Crippen MR) is 134 cm³/mol. The maximum absolute atomic E-state index is 13.6. The van der Waals surface area contributed by atoms with Gasteiger partial charge in [-0.25, -0.2) is 14.4 Å². The number of oxazole rings is 1.